The molecule has 29 heavy (non-hydrogen) atoms. The van der Waals surface area contributed by atoms with E-state index in [0.29, 0.717) is 22.8 Å². The smallest absolute Gasteiger partial charge is 0.227 e. The molecule has 0 amide bonds. The number of nitrogens with zero attached hydrogens (tertiary/aromatic N) is 5. The average Bonchev–Trinajstić information content (AvgIpc) is 3.33. The van der Waals surface area contributed by atoms with Crippen molar-refractivity contribution in [1.29, 1.82) is 0 Å². The zero-order chi connectivity index (χ0) is 19.8. The second-order valence-corrected chi connectivity index (χ2v) is 7.37. The van der Waals surface area contributed by atoms with Crippen molar-refractivity contribution in [2.24, 2.45) is 12.8 Å². The molecule has 5 rings (SSSR count). The highest BCUT2D eigenvalue weighted by Gasteiger charge is 2.23. The van der Waals surface area contributed by atoms with E-state index < -0.39 is 0 Å². The summed E-state index contributed by atoms with van der Waals surface area (Å²) in [5.74, 6) is 2.22. The van der Waals surface area contributed by atoms with Gasteiger partial charge in [0.15, 0.2) is 22.7 Å². The molecule has 148 valence electrons. The van der Waals surface area contributed by atoms with Gasteiger partial charge in [0.25, 0.3) is 0 Å². The number of benzene rings is 1. The van der Waals surface area contributed by atoms with Gasteiger partial charge >= 0.3 is 0 Å². The van der Waals surface area contributed by atoms with Gasteiger partial charge in [-0.2, -0.15) is 5.10 Å². The van der Waals surface area contributed by atoms with Crippen molar-refractivity contribution >= 4 is 28.4 Å². The van der Waals surface area contributed by atoms with Gasteiger partial charge in [-0.3, -0.25) is 4.68 Å². The van der Waals surface area contributed by atoms with E-state index in [9.17, 15) is 0 Å². The summed E-state index contributed by atoms with van der Waals surface area (Å²) in [7, 11) is 1.94. The van der Waals surface area contributed by atoms with Crippen LogP contribution in [0.1, 0.15) is 12.8 Å². The molecular formula is C21H23N7O. The van der Waals surface area contributed by atoms with Crippen LogP contribution in [0.4, 0.5) is 17.3 Å². The van der Waals surface area contributed by atoms with Crippen LogP contribution < -0.4 is 16.0 Å². The second-order valence-electron chi connectivity index (χ2n) is 7.37. The molecule has 0 saturated carbocycles. The molecule has 0 aliphatic carbocycles. The molecule has 4 aromatic rings. The fraction of sp³-hybridized carbons (Fsp3) is 0.286. The Hall–Kier alpha value is -3.39. The maximum absolute atomic E-state index is 6.19. The minimum atomic E-state index is 0.178. The summed E-state index contributed by atoms with van der Waals surface area (Å²) in [5, 5.41) is 7.86. The third-order valence-corrected chi connectivity index (χ3v) is 5.25. The summed E-state index contributed by atoms with van der Waals surface area (Å²) < 4.78 is 7.83. The number of rotatable bonds is 4. The fourth-order valence-corrected chi connectivity index (χ4v) is 3.88. The van der Waals surface area contributed by atoms with Crippen molar-refractivity contribution in [3.63, 3.8) is 0 Å². The fourth-order valence-electron chi connectivity index (χ4n) is 3.88. The molecule has 1 atom stereocenters. The van der Waals surface area contributed by atoms with Gasteiger partial charge < -0.3 is 20.4 Å². The maximum atomic E-state index is 6.19. The van der Waals surface area contributed by atoms with Crippen LogP contribution in [0.25, 0.3) is 22.6 Å². The molecular weight excluding hydrogens is 366 g/mol. The third kappa shape index (κ3) is 3.31. The summed E-state index contributed by atoms with van der Waals surface area (Å²) in [5.41, 5.74) is 9.38. The molecule has 0 spiro atoms. The standard InChI is InChI=1S/C21H23N7O/c1-27-21(28-11-5-8-15(22)13-28)16(12-24-27)25-19-18-17(9-10-23-19)29-20(26-18)14-6-3-2-4-7-14/h2-4,6-7,9-10,12,15H,5,8,11,13,22H2,1H3,(H,23,25)/t15-/m0/s1. The molecule has 1 aliphatic rings. The van der Waals surface area contributed by atoms with Crippen LogP contribution in [0.5, 0.6) is 0 Å². The van der Waals surface area contributed by atoms with Crippen molar-refractivity contribution < 1.29 is 4.42 Å². The number of aryl methyl sites for hydroxylation is 1. The van der Waals surface area contributed by atoms with Crippen molar-refractivity contribution in [3.8, 4) is 11.5 Å². The number of nitrogens with one attached hydrogen (secondary N) is 1. The van der Waals surface area contributed by atoms with E-state index >= 15 is 0 Å². The topological polar surface area (TPSA) is 98.0 Å². The van der Waals surface area contributed by atoms with E-state index in [-0.39, 0.29) is 6.04 Å². The number of nitrogens with two attached hydrogens (primary N) is 1. The number of piperidine rings is 1. The predicted molar refractivity (Wildman–Crippen MR) is 113 cm³/mol. The summed E-state index contributed by atoms with van der Waals surface area (Å²) in [4.78, 5) is 11.5. The molecule has 0 unspecified atom stereocenters. The maximum Gasteiger partial charge on any atom is 0.227 e. The first kappa shape index (κ1) is 17.7. The molecule has 1 aliphatic heterocycles. The Bertz CT molecular complexity index is 1130. The van der Waals surface area contributed by atoms with Gasteiger partial charge in [-0.1, -0.05) is 18.2 Å². The zero-order valence-corrected chi connectivity index (χ0v) is 16.2. The van der Waals surface area contributed by atoms with Gasteiger partial charge in [0, 0.05) is 44.0 Å². The number of anilines is 3. The Morgan fingerprint density at radius 2 is 2.07 bits per heavy atom. The van der Waals surface area contributed by atoms with E-state index in [1.807, 2.05) is 54.3 Å². The molecule has 1 aromatic carbocycles. The van der Waals surface area contributed by atoms with Crippen molar-refractivity contribution in [1.82, 2.24) is 19.7 Å². The molecule has 3 N–H and O–H groups in total. The first-order valence-electron chi connectivity index (χ1n) is 9.79. The summed E-state index contributed by atoms with van der Waals surface area (Å²) in [6.07, 6.45) is 5.66. The van der Waals surface area contributed by atoms with Crippen LogP contribution in [0, 0.1) is 0 Å². The van der Waals surface area contributed by atoms with Crippen LogP contribution in [0.2, 0.25) is 0 Å². The van der Waals surface area contributed by atoms with Crippen LogP contribution >= 0.6 is 0 Å². The normalized spacial score (nSPS) is 17.0. The lowest BCUT2D eigenvalue weighted by Crippen LogP contribution is -2.43. The summed E-state index contributed by atoms with van der Waals surface area (Å²) >= 11 is 0. The van der Waals surface area contributed by atoms with Gasteiger partial charge in [0.2, 0.25) is 5.89 Å². The van der Waals surface area contributed by atoms with E-state index in [1.165, 1.54) is 0 Å². The van der Waals surface area contributed by atoms with E-state index in [0.717, 1.165) is 43.0 Å². The van der Waals surface area contributed by atoms with Gasteiger partial charge in [-0.05, 0) is 25.0 Å². The zero-order valence-electron chi connectivity index (χ0n) is 16.2. The predicted octanol–water partition coefficient (Wildman–Crippen LogP) is 3.29. The Morgan fingerprint density at radius 1 is 1.21 bits per heavy atom. The Balaban J connectivity index is 1.51. The number of pyridine rings is 1. The quantitative estimate of drug-likeness (QED) is 0.553. The lowest BCUT2D eigenvalue weighted by atomic mass is 10.1. The lowest BCUT2D eigenvalue weighted by molar-refractivity contribution is 0.497. The number of fused-ring (bicyclic) bond motifs is 1. The average molecular weight is 389 g/mol. The van der Waals surface area contributed by atoms with Crippen LogP contribution in [0.15, 0.2) is 53.2 Å². The van der Waals surface area contributed by atoms with Gasteiger partial charge in [0.05, 0.1) is 6.20 Å². The first-order valence-corrected chi connectivity index (χ1v) is 9.79. The SMILES string of the molecule is Cn1ncc(Nc2nccc3oc(-c4ccccc4)nc23)c1N1CCC[C@H](N)C1. The van der Waals surface area contributed by atoms with Gasteiger partial charge in [-0.15, -0.1) is 0 Å². The number of aromatic nitrogens is 4. The van der Waals surface area contributed by atoms with Crippen LogP contribution in [-0.2, 0) is 7.05 Å². The first-order chi connectivity index (χ1) is 14.2. The Morgan fingerprint density at radius 3 is 2.90 bits per heavy atom. The van der Waals surface area contributed by atoms with Crippen molar-refractivity contribution in [2.45, 2.75) is 18.9 Å². The highest BCUT2D eigenvalue weighted by Crippen LogP contribution is 2.33. The van der Waals surface area contributed by atoms with E-state index in [2.05, 4.69) is 25.3 Å². The Labute approximate surface area is 168 Å². The van der Waals surface area contributed by atoms with E-state index in [1.54, 1.807) is 6.20 Å². The molecule has 1 saturated heterocycles. The van der Waals surface area contributed by atoms with Crippen molar-refractivity contribution in [3.05, 3.63) is 48.8 Å². The van der Waals surface area contributed by atoms with Gasteiger partial charge in [-0.25, -0.2) is 9.97 Å². The molecule has 0 radical (unpaired) electrons. The molecule has 1 fully saturated rings. The number of hydrogen-bond acceptors (Lipinski definition) is 7. The monoisotopic (exact) mass is 389 g/mol. The summed E-state index contributed by atoms with van der Waals surface area (Å²) in [6.45, 7) is 1.77. The number of oxazole rings is 1. The van der Waals surface area contributed by atoms with E-state index in [4.69, 9.17) is 10.2 Å². The van der Waals surface area contributed by atoms with Gasteiger partial charge in [0.1, 0.15) is 5.69 Å². The second kappa shape index (κ2) is 7.21. The number of hydrogen-bond donors (Lipinski definition) is 2. The summed E-state index contributed by atoms with van der Waals surface area (Å²) in [6, 6.07) is 11.9. The van der Waals surface area contributed by atoms with Crippen molar-refractivity contribution in [2.75, 3.05) is 23.3 Å². The largest absolute Gasteiger partial charge is 0.436 e. The molecule has 8 heteroatoms. The highest BCUT2D eigenvalue weighted by atomic mass is 16.3. The minimum absolute atomic E-state index is 0.178. The molecule has 0 bridgehead atoms. The van der Waals surface area contributed by atoms with Crippen LogP contribution in [0.3, 0.4) is 0 Å². The van der Waals surface area contributed by atoms with Crippen LogP contribution in [-0.4, -0.2) is 38.9 Å². The molecule has 8 nitrogen and oxygen atoms in total. The Kier molecular flexibility index (Phi) is 4.40. The molecule has 3 aromatic heterocycles. The molecule has 4 heterocycles. The highest BCUT2D eigenvalue weighted by molar-refractivity contribution is 5.89. The lowest BCUT2D eigenvalue weighted by Gasteiger charge is -2.33. The minimum Gasteiger partial charge on any atom is -0.436 e. The third-order valence-electron chi connectivity index (χ3n) is 5.25.